The first-order valence-electron chi connectivity index (χ1n) is 12.0. The van der Waals surface area contributed by atoms with Crippen LogP contribution in [0.1, 0.15) is 30.6 Å². The number of hydrogen-bond acceptors (Lipinski definition) is 6. The van der Waals surface area contributed by atoms with Crippen molar-refractivity contribution in [2.45, 2.75) is 20.3 Å². The molecule has 5 rings (SSSR count). The Morgan fingerprint density at radius 3 is 2.69 bits per heavy atom. The first-order valence-corrected chi connectivity index (χ1v) is 12.0. The highest BCUT2D eigenvalue weighted by Gasteiger charge is 2.20. The third kappa shape index (κ3) is 5.52. The second kappa shape index (κ2) is 11.5. The van der Waals surface area contributed by atoms with Crippen LogP contribution in [0.2, 0.25) is 0 Å². The predicted octanol–water partition coefficient (Wildman–Crippen LogP) is 4.16. The van der Waals surface area contributed by atoms with Crippen LogP contribution in [0.15, 0.2) is 78.4 Å². The summed E-state index contributed by atoms with van der Waals surface area (Å²) in [7, 11) is 0. The number of carboxylic acid groups (broad SMARTS) is 1. The number of aromatic nitrogens is 3. The summed E-state index contributed by atoms with van der Waals surface area (Å²) in [6.45, 7) is 6.32. The number of fused-ring (bicyclic) bond motifs is 1. The standard InChI is InChI=1S/C25H23N5O4.C2H6/c31-24(29-11-13-34-14-12-29)17-3-2-6-20(8-7-17)27-22-23-26-9-10-30(23)16-21(28-22)18-4-1-5-19(15-18)25(32)33;1-2/h1,3-10,15-16H,2,11-14H2,(H,27,28)(H,32,33);1-2H3. The van der Waals surface area contributed by atoms with E-state index >= 15 is 0 Å². The number of amides is 1. The van der Waals surface area contributed by atoms with Crippen molar-refractivity contribution in [2.75, 3.05) is 31.6 Å². The van der Waals surface area contributed by atoms with Gasteiger partial charge in [0.25, 0.3) is 5.91 Å². The minimum Gasteiger partial charge on any atom is -0.478 e. The second-order valence-corrected chi connectivity index (χ2v) is 7.94. The van der Waals surface area contributed by atoms with Crippen LogP contribution in [-0.2, 0) is 9.53 Å². The number of morpholine rings is 1. The van der Waals surface area contributed by atoms with E-state index in [9.17, 15) is 14.7 Å². The minimum atomic E-state index is -0.993. The molecule has 186 valence electrons. The molecule has 0 atom stereocenters. The lowest BCUT2D eigenvalue weighted by Crippen LogP contribution is -2.41. The highest BCUT2D eigenvalue weighted by molar-refractivity contribution is 5.96. The van der Waals surface area contributed by atoms with Gasteiger partial charge in [0.15, 0.2) is 11.5 Å². The number of imidazole rings is 1. The van der Waals surface area contributed by atoms with E-state index in [4.69, 9.17) is 9.72 Å². The molecule has 1 saturated heterocycles. The lowest BCUT2D eigenvalue weighted by atomic mass is 10.1. The third-order valence-electron chi connectivity index (χ3n) is 5.71. The van der Waals surface area contributed by atoms with Gasteiger partial charge in [-0.25, -0.2) is 14.8 Å². The van der Waals surface area contributed by atoms with Crippen molar-refractivity contribution in [1.82, 2.24) is 19.3 Å². The van der Waals surface area contributed by atoms with Crippen molar-refractivity contribution in [2.24, 2.45) is 0 Å². The topological polar surface area (TPSA) is 109 Å². The maximum atomic E-state index is 12.8. The van der Waals surface area contributed by atoms with E-state index in [0.29, 0.717) is 61.0 Å². The molecule has 2 aromatic heterocycles. The van der Waals surface area contributed by atoms with E-state index in [1.54, 1.807) is 24.4 Å². The Labute approximate surface area is 209 Å². The molecule has 0 spiro atoms. The maximum Gasteiger partial charge on any atom is 0.335 e. The number of carbonyl (C=O) groups is 2. The van der Waals surface area contributed by atoms with Gasteiger partial charge < -0.3 is 24.5 Å². The lowest BCUT2D eigenvalue weighted by Gasteiger charge is -2.27. The number of aromatic carboxylic acids is 1. The van der Waals surface area contributed by atoms with Gasteiger partial charge in [0, 0.05) is 48.5 Å². The molecule has 36 heavy (non-hydrogen) atoms. The van der Waals surface area contributed by atoms with Gasteiger partial charge in [-0.05, 0) is 30.7 Å². The Morgan fingerprint density at radius 2 is 1.92 bits per heavy atom. The zero-order chi connectivity index (χ0) is 25.5. The molecule has 9 heteroatoms. The molecule has 2 aliphatic rings. The highest BCUT2D eigenvalue weighted by atomic mass is 16.5. The molecule has 1 amide bonds. The first-order chi connectivity index (χ1) is 17.6. The number of nitrogens with one attached hydrogen (secondary N) is 1. The van der Waals surface area contributed by atoms with Crippen LogP contribution in [0.4, 0.5) is 5.82 Å². The highest BCUT2D eigenvalue weighted by Crippen LogP contribution is 2.25. The zero-order valence-electron chi connectivity index (χ0n) is 20.3. The van der Waals surface area contributed by atoms with Crippen LogP contribution in [0.5, 0.6) is 0 Å². The van der Waals surface area contributed by atoms with Crippen molar-refractivity contribution < 1.29 is 19.4 Å². The van der Waals surface area contributed by atoms with E-state index in [0.717, 1.165) is 5.70 Å². The molecule has 1 fully saturated rings. The number of allylic oxidation sites excluding steroid dienone is 3. The SMILES string of the molecule is CC.O=C(O)c1cccc(-c2cn3ccnc3c(NC3=CCC=C(C(=O)N4CCOCC4)C=C3)n2)c1. The average Bonchev–Trinajstić information content (AvgIpc) is 3.29. The summed E-state index contributed by atoms with van der Waals surface area (Å²) in [6.07, 6.45) is 13.5. The summed E-state index contributed by atoms with van der Waals surface area (Å²) in [4.78, 5) is 35.2. The average molecular weight is 488 g/mol. The monoisotopic (exact) mass is 487 g/mol. The summed E-state index contributed by atoms with van der Waals surface area (Å²) < 4.78 is 7.18. The van der Waals surface area contributed by atoms with Gasteiger partial charge in [0.05, 0.1) is 24.5 Å². The van der Waals surface area contributed by atoms with Gasteiger partial charge in [-0.3, -0.25) is 4.79 Å². The van der Waals surface area contributed by atoms with Gasteiger partial charge in [-0.1, -0.05) is 38.1 Å². The Kier molecular flexibility index (Phi) is 7.92. The largest absolute Gasteiger partial charge is 0.478 e. The van der Waals surface area contributed by atoms with Gasteiger partial charge in [0.2, 0.25) is 0 Å². The van der Waals surface area contributed by atoms with Crippen LogP contribution in [0.3, 0.4) is 0 Å². The summed E-state index contributed by atoms with van der Waals surface area (Å²) in [6, 6.07) is 6.65. The first kappa shape index (κ1) is 24.9. The van der Waals surface area contributed by atoms with Gasteiger partial charge >= 0.3 is 5.97 Å². The van der Waals surface area contributed by atoms with E-state index in [2.05, 4.69) is 10.3 Å². The molecule has 1 aromatic carbocycles. The van der Waals surface area contributed by atoms with E-state index in [1.165, 1.54) is 0 Å². The molecule has 1 aliphatic heterocycles. The van der Waals surface area contributed by atoms with E-state index in [1.807, 2.05) is 65.9 Å². The molecule has 1 aliphatic carbocycles. The van der Waals surface area contributed by atoms with Crippen LogP contribution in [0, 0.1) is 0 Å². The number of carboxylic acids is 1. The van der Waals surface area contributed by atoms with Crippen molar-refractivity contribution >= 4 is 23.3 Å². The van der Waals surface area contributed by atoms with Crippen LogP contribution < -0.4 is 5.32 Å². The minimum absolute atomic E-state index is 0.00304. The fourth-order valence-electron chi connectivity index (χ4n) is 3.93. The number of carbonyl (C=O) groups excluding carboxylic acids is 1. The summed E-state index contributed by atoms with van der Waals surface area (Å²) in [5.74, 6) is -0.460. The molecule has 9 nitrogen and oxygen atoms in total. The number of hydrogen-bond donors (Lipinski definition) is 2. The molecule has 0 bridgehead atoms. The smallest absolute Gasteiger partial charge is 0.335 e. The fourth-order valence-corrected chi connectivity index (χ4v) is 3.93. The summed E-state index contributed by atoms with van der Waals surface area (Å²) in [5, 5.41) is 12.7. The lowest BCUT2D eigenvalue weighted by molar-refractivity contribution is -0.130. The molecule has 3 aromatic rings. The molecule has 2 N–H and O–H groups in total. The summed E-state index contributed by atoms with van der Waals surface area (Å²) in [5.41, 5.74) is 3.55. The van der Waals surface area contributed by atoms with Crippen LogP contribution in [0.25, 0.3) is 16.9 Å². The number of nitrogens with zero attached hydrogens (tertiary/aromatic N) is 4. The van der Waals surface area contributed by atoms with Gasteiger partial charge in [-0.15, -0.1) is 0 Å². The van der Waals surface area contributed by atoms with Gasteiger partial charge in [-0.2, -0.15) is 0 Å². The maximum absolute atomic E-state index is 12.8. The Morgan fingerprint density at radius 1 is 1.11 bits per heavy atom. The third-order valence-corrected chi connectivity index (χ3v) is 5.71. The fraction of sp³-hybridized carbons (Fsp3) is 0.259. The molecular formula is C27H29N5O4. The molecule has 0 unspecified atom stereocenters. The quantitative estimate of drug-likeness (QED) is 0.556. The molecule has 0 radical (unpaired) electrons. The van der Waals surface area contributed by atoms with Gasteiger partial charge in [0.1, 0.15) is 0 Å². The van der Waals surface area contributed by atoms with Crippen molar-refractivity contribution in [3.63, 3.8) is 0 Å². The van der Waals surface area contributed by atoms with E-state index < -0.39 is 5.97 Å². The van der Waals surface area contributed by atoms with Crippen LogP contribution in [-0.4, -0.2) is 62.6 Å². The van der Waals surface area contributed by atoms with Crippen molar-refractivity contribution in [1.29, 1.82) is 0 Å². The second-order valence-electron chi connectivity index (χ2n) is 7.94. The normalized spacial score (nSPS) is 15.3. The van der Waals surface area contributed by atoms with E-state index in [-0.39, 0.29) is 11.5 Å². The summed E-state index contributed by atoms with van der Waals surface area (Å²) >= 11 is 0. The Balaban J connectivity index is 0.00000148. The zero-order valence-corrected chi connectivity index (χ0v) is 20.3. The van der Waals surface area contributed by atoms with Crippen molar-refractivity contribution in [3.8, 4) is 11.3 Å². The number of ether oxygens (including phenoxy) is 1. The van der Waals surface area contributed by atoms with Crippen LogP contribution >= 0.6 is 0 Å². The predicted molar refractivity (Wildman–Crippen MR) is 138 cm³/mol. The molecule has 3 heterocycles. The number of anilines is 1. The number of benzene rings is 1. The Hall–Kier alpha value is -4.24. The molecular weight excluding hydrogens is 458 g/mol. The van der Waals surface area contributed by atoms with Crippen molar-refractivity contribution in [3.05, 3.63) is 84.0 Å². The molecule has 0 saturated carbocycles. The Bertz CT molecular complexity index is 1350. The number of rotatable bonds is 5.